The number of hydrogen-bond donors (Lipinski definition) is 2. The van der Waals surface area contributed by atoms with Crippen molar-refractivity contribution in [2.45, 2.75) is 19.9 Å². The molecule has 0 spiro atoms. The molecule has 1 rings (SSSR count). The van der Waals surface area contributed by atoms with E-state index in [1.807, 2.05) is 13.8 Å². The average molecular weight is 177 g/mol. The normalized spacial score (nSPS) is 12.5. The summed E-state index contributed by atoms with van der Waals surface area (Å²) in [4.78, 5) is 0. The van der Waals surface area contributed by atoms with Gasteiger partial charge in [-0.15, -0.1) is 6.58 Å². The molecule has 2 heteroatoms. The summed E-state index contributed by atoms with van der Waals surface area (Å²) in [5.41, 5.74) is 8.90. The van der Waals surface area contributed by atoms with Gasteiger partial charge in [0.1, 0.15) is 5.75 Å². The maximum Gasteiger partial charge on any atom is 0.116 e. The Labute approximate surface area is 78.7 Å². The van der Waals surface area contributed by atoms with E-state index in [1.165, 1.54) is 0 Å². The maximum atomic E-state index is 9.31. The summed E-state index contributed by atoms with van der Waals surface area (Å²) in [5.74, 6) is 0.287. The highest BCUT2D eigenvalue weighted by molar-refractivity contribution is 5.43. The van der Waals surface area contributed by atoms with Gasteiger partial charge in [0, 0.05) is 6.04 Å². The van der Waals surface area contributed by atoms with E-state index in [-0.39, 0.29) is 11.8 Å². The number of nitrogens with two attached hydrogens (primary N) is 1. The average Bonchev–Trinajstić information content (AvgIpc) is 2.02. The molecule has 0 aliphatic heterocycles. The zero-order valence-electron chi connectivity index (χ0n) is 8.04. The summed E-state index contributed by atoms with van der Waals surface area (Å²) < 4.78 is 0. The monoisotopic (exact) mass is 177 g/mol. The predicted molar refractivity (Wildman–Crippen MR) is 54.7 cm³/mol. The number of hydrogen-bond acceptors (Lipinski definition) is 2. The van der Waals surface area contributed by atoms with E-state index >= 15 is 0 Å². The van der Waals surface area contributed by atoms with Gasteiger partial charge in [-0.3, -0.25) is 0 Å². The molecule has 0 aromatic heterocycles. The second kappa shape index (κ2) is 3.62. The zero-order chi connectivity index (χ0) is 10.0. The van der Waals surface area contributed by atoms with Gasteiger partial charge in [0.05, 0.1) is 0 Å². The summed E-state index contributed by atoms with van der Waals surface area (Å²) >= 11 is 0. The second-order valence-electron chi connectivity index (χ2n) is 3.25. The fourth-order valence-corrected chi connectivity index (χ4v) is 1.60. The van der Waals surface area contributed by atoms with Gasteiger partial charge in [0.15, 0.2) is 0 Å². The molecular formula is C11H15NO. The van der Waals surface area contributed by atoms with Crippen LogP contribution >= 0.6 is 0 Å². The molecule has 0 aliphatic carbocycles. The number of aromatic hydroxyl groups is 1. The highest BCUT2D eigenvalue weighted by Crippen LogP contribution is 2.25. The molecule has 1 aromatic carbocycles. The molecule has 0 amide bonds. The van der Waals surface area contributed by atoms with Crippen LogP contribution < -0.4 is 5.73 Å². The number of phenolic OH excluding ortho intramolecular Hbond substituents is 1. The Balaban J connectivity index is 3.28. The Morgan fingerprint density at radius 2 is 1.85 bits per heavy atom. The largest absolute Gasteiger partial charge is 0.508 e. The Kier molecular flexibility index (Phi) is 2.73. The highest BCUT2D eigenvalue weighted by Gasteiger charge is 2.09. The van der Waals surface area contributed by atoms with Gasteiger partial charge in [-0.25, -0.2) is 0 Å². The van der Waals surface area contributed by atoms with Crippen molar-refractivity contribution >= 4 is 0 Å². The summed E-state index contributed by atoms with van der Waals surface area (Å²) in [7, 11) is 0. The molecule has 13 heavy (non-hydrogen) atoms. The van der Waals surface area contributed by atoms with Crippen molar-refractivity contribution in [3.8, 4) is 5.75 Å². The SMILES string of the molecule is C=CC(N)c1c(C)cc(O)cc1C. The van der Waals surface area contributed by atoms with E-state index in [1.54, 1.807) is 18.2 Å². The Bertz CT molecular complexity index is 308. The molecule has 0 heterocycles. The predicted octanol–water partition coefficient (Wildman–Crippen LogP) is 2.19. The van der Waals surface area contributed by atoms with Crippen LogP contribution in [0.1, 0.15) is 22.7 Å². The topological polar surface area (TPSA) is 46.2 Å². The third kappa shape index (κ3) is 1.90. The van der Waals surface area contributed by atoms with Crippen molar-refractivity contribution in [2.24, 2.45) is 5.73 Å². The second-order valence-corrected chi connectivity index (χ2v) is 3.25. The summed E-state index contributed by atoms with van der Waals surface area (Å²) in [5, 5.41) is 9.31. The minimum atomic E-state index is -0.152. The van der Waals surface area contributed by atoms with E-state index in [0.29, 0.717) is 0 Å². The van der Waals surface area contributed by atoms with Gasteiger partial charge in [0.25, 0.3) is 0 Å². The van der Waals surface area contributed by atoms with E-state index in [0.717, 1.165) is 16.7 Å². The number of rotatable bonds is 2. The summed E-state index contributed by atoms with van der Waals surface area (Å²) in [6.07, 6.45) is 1.70. The Hall–Kier alpha value is -1.28. The molecule has 1 atom stereocenters. The lowest BCUT2D eigenvalue weighted by molar-refractivity contribution is 0.474. The van der Waals surface area contributed by atoms with Crippen molar-refractivity contribution in [3.63, 3.8) is 0 Å². The molecule has 1 aromatic rings. The summed E-state index contributed by atoms with van der Waals surface area (Å²) in [6, 6.07) is 3.28. The smallest absolute Gasteiger partial charge is 0.116 e. The summed E-state index contributed by atoms with van der Waals surface area (Å²) in [6.45, 7) is 7.53. The Morgan fingerprint density at radius 1 is 1.38 bits per heavy atom. The van der Waals surface area contributed by atoms with E-state index < -0.39 is 0 Å². The molecule has 0 fully saturated rings. The quantitative estimate of drug-likeness (QED) is 0.680. The lowest BCUT2D eigenvalue weighted by Gasteiger charge is -2.14. The van der Waals surface area contributed by atoms with Crippen molar-refractivity contribution < 1.29 is 5.11 Å². The van der Waals surface area contributed by atoms with Gasteiger partial charge < -0.3 is 10.8 Å². The van der Waals surface area contributed by atoms with Gasteiger partial charge in [-0.1, -0.05) is 6.08 Å². The van der Waals surface area contributed by atoms with Crippen LogP contribution in [0.5, 0.6) is 5.75 Å². The molecule has 0 radical (unpaired) electrons. The lowest BCUT2D eigenvalue weighted by atomic mass is 9.96. The van der Waals surface area contributed by atoms with Crippen LogP contribution in [-0.4, -0.2) is 5.11 Å². The third-order valence-electron chi connectivity index (χ3n) is 2.17. The number of phenols is 1. The first-order valence-corrected chi connectivity index (χ1v) is 4.24. The van der Waals surface area contributed by atoms with Crippen LogP contribution in [0.15, 0.2) is 24.8 Å². The molecule has 0 aliphatic rings. The van der Waals surface area contributed by atoms with E-state index in [2.05, 4.69) is 6.58 Å². The lowest BCUT2D eigenvalue weighted by Crippen LogP contribution is -2.10. The van der Waals surface area contributed by atoms with Gasteiger partial charge in [-0.05, 0) is 42.7 Å². The van der Waals surface area contributed by atoms with Gasteiger partial charge in [-0.2, -0.15) is 0 Å². The van der Waals surface area contributed by atoms with Crippen molar-refractivity contribution in [2.75, 3.05) is 0 Å². The first-order valence-electron chi connectivity index (χ1n) is 4.24. The van der Waals surface area contributed by atoms with Crippen LogP contribution in [-0.2, 0) is 0 Å². The number of aryl methyl sites for hydroxylation is 2. The maximum absolute atomic E-state index is 9.31. The minimum absolute atomic E-state index is 0.152. The molecule has 1 unspecified atom stereocenters. The highest BCUT2D eigenvalue weighted by atomic mass is 16.3. The van der Waals surface area contributed by atoms with Crippen LogP contribution in [0.2, 0.25) is 0 Å². The first-order chi connectivity index (χ1) is 6.06. The molecule has 0 saturated carbocycles. The van der Waals surface area contributed by atoms with Crippen molar-refractivity contribution in [1.82, 2.24) is 0 Å². The number of benzene rings is 1. The first kappa shape index (κ1) is 9.81. The van der Waals surface area contributed by atoms with Crippen LogP contribution in [0.3, 0.4) is 0 Å². The van der Waals surface area contributed by atoms with Gasteiger partial charge >= 0.3 is 0 Å². The van der Waals surface area contributed by atoms with E-state index in [9.17, 15) is 5.11 Å². The Morgan fingerprint density at radius 3 is 2.23 bits per heavy atom. The molecule has 2 nitrogen and oxygen atoms in total. The molecule has 0 saturated heterocycles. The van der Waals surface area contributed by atoms with Crippen LogP contribution in [0, 0.1) is 13.8 Å². The third-order valence-corrected chi connectivity index (χ3v) is 2.17. The molecule has 70 valence electrons. The fraction of sp³-hybridized carbons (Fsp3) is 0.273. The minimum Gasteiger partial charge on any atom is -0.508 e. The molecule has 0 bridgehead atoms. The van der Waals surface area contributed by atoms with Gasteiger partial charge in [0.2, 0.25) is 0 Å². The van der Waals surface area contributed by atoms with E-state index in [4.69, 9.17) is 5.73 Å². The van der Waals surface area contributed by atoms with Crippen molar-refractivity contribution in [1.29, 1.82) is 0 Å². The fourth-order valence-electron chi connectivity index (χ4n) is 1.60. The van der Waals surface area contributed by atoms with Crippen LogP contribution in [0.4, 0.5) is 0 Å². The van der Waals surface area contributed by atoms with Crippen molar-refractivity contribution in [3.05, 3.63) is 41.5 Å². The van der Waals surface area contributed by atoms with Crippen LogP contribution in [0.25, 0.3) is 0 Å². The zero-order valence-corrected chi connectivity index (χ0v) is 8.04. The molecular weight excluding hydrogens is 162 g/mol. The standard InChI is InChI=1S/C11H15NO/c1-4-10(12)11-7(2)5-9(13)6-8(11)3/h4-6,10,13H,1,12H2,2-3H3. The molecule has 3 N–H and O–H groups in total.